The van der Waals surface area contributed by atoms with Crippen LogP contribution >= 0.6 is 11.3 Å². The van der Waals surface area contributed by atoms with Gasteiger partial charge in [0.25, 0.3) is 0 Å². The molecule has 0 aliphatic heterocycles. The molecule has 0 bridgehead atoms. The number of nitrogens with zero attached hydrogens (tertiary/aromatic N) is 1. The molecule has 0 saturated carbocycles. The highest BCUT2D eigenvalue weighted by atomic mass is 32.1. The lowest BCUT2D eigenvalue weighted by Crippen LogP contribution is -2.17. The van der Waals surface area contributed by atoms with Crippen molar-refractivity contribution in [2.24, 2.45) is 0 Å². The third-order valence-corrected chi connectivity index (χ3v) is 16.0. The van der Waals surface area contributed by atoms with Crippen LogP contribution < -0.4 is 0 Å². The first-order valence-electron chi connectivity index (χ1n) is 23.6. The van der Waals surface area contributed by atoms with Crippen molar-refractivity contribution in [3.8, 4) is 28.3 Å². The summed E-state index contributed by atoms with van der Waals surface area (Å²) < 4.78 is 2.72. The van der Waals surface area contributed by atoms with Crippen molar-refractivity contribution in [3.05, 3.63) is 250 Å². The molecule has 0 radical (unpaired) electrons. The van der Waals surface area contributed by atoms with E-state index in [4.69, 9.17) is 0 Å². The van der Waals surface area contributed by atoms with Crippen molar-refractivity contribution >= 4 is 42.3 Å². The second kappa shape index (κ2) is 17.4. The van der Waals surface area contributed by atoms with E-state index in [1.807, 2.05) is 23.5 Å². The van der Waals surface area contributed by atoms with Gasteiger partial charge in [0.1, 0.15) is 0 Å². The summed E-state index contributed by atoms with van der Waals surface area (Å²) in [6, 6.07) is 76.6. The van der Waals surface area contributed by atoms with E-state index in [1.165, 1.54) is 97.7 Å². The molecule has 1 nitrogen and oxygen atoms in total. The summed E-state index contributed by atoms with van der Waals surface area (Å²) >= 11 is 1.91. The van der Waals surface area contributed by atoms with Crippen LogP contribution in [0.4, 0.5) is 0 Å². The van der Waals surface area contributed by atoms with E-state index in [1.54, 1.807) is 0 Å². The van der Waals surface area contributed by atoms with Crippen LogP contribution in [-0.4, -0.2) is 0 Å². The Morgan fingerprint density at radius 2 is 1.18 bits per heavy atom. The molecule has 1 heterocycles. The predicted octanol–water partition coefficient (Wildman–Crippen LogP) is 17.1. The van der Waals surface area contributed by atoms with E-state index < -0.39 is 0 Å². The van der Waals surface area contributed by atoms with Gasteiger partial charge < -0.3 is 0 Å². The molecule has 0 fully saturated rings. The average molecular weight is 868 g/mol. The van der Waals surface area contributed by atoms with Gasteiger partial charge >= 0.3 is 0 Å². The van der Waals surface area contributed by atoms with E-state index in [-0.39, 0.29) is 11.3 Å². The Balaban J connectivity index is 0.928. The lowest BCUT2D eigenvalue weighted by atomic mass is 9.76. The third kappa shape index (κ3) is 7.72. The summed E-state index contributed by atoms with van der Waals surface area (Å²) in [6.45, 7) is 7.33. The van der Waals surface area contributed by atoms with Gasteiger partial charge in [0.15, 0.2) is 0 Å². The highest BCUT2D eigenvalue weighted by Gasteiger charge is 2.38. The number of fused-ring (bicyclic) bond motifs is 8. The summed E-state index contributed by atoms with van der Waals surface area (Å²) in [5.74, 6) is 0.855. The van der Waals surface area contributed by atoms with Gasteiger partial charge in [-0.1, -0.05) is 197 Å². The Bertz CT molecular complexity index is 3420. The Kier molecular flexibility index (Phi) is 11.0. The Labute approximate surface area is 393 Å². The van der Waals surface area contributed by atoms with Crippen molar-refractivity contribution in [1.29, 1.82) is 5.26 Å². The molecule has 1 aromatic heterocycles. The monoisotopic (exact) mass is 867 g/mol. The van der Waals surface area contributed by atoms with E-state index in [0.29, 0.717) is 11.8 Å². The van der Waals surface area contributed by atoms with Crippen LogP contribution in [-0.2, 0) is 24.7 Å². The lowest BCUT2D eigenvalue weighted by Gasteiger charge is -2.28. The fourth-order valence-electron chi connectivity index (χ4n) is 11.1. The van der Waals surface area contributed by atoms with Crippen LogP contribution in [0.15, 0.2) is 200 Å². The smallest absolute Gasteiger partial charge is 0.0991 e. The minimum absolute atomic E-state index is 0.175. The fraction of sp³-hybridized carbons (Fsp3) is 0.172. The molecule has 10 aromatic rings. The maximum absolute atomic E-state index is 9.91. The standard InChI is InChI=1S/C64H53NS/c1-42(58(37-43-15-6-4-7-16-43)52-32-33-55-54-22-12-13-24-61(54)66-62(55)40-52)48-31-34-57-59(38-48)64(2,3)60-39-51(53-21-10-11-23-56(53)63(57)60)30-29-50(49-20-14-17-45(36-49)41-65)35-44-25-27-47(28-26-44)46-18-8-5-9-19-46/h4-28,31-34,36,38-40,42,50,58H,29-30,35,37H2,1-3H3. The van der Waals surface area contributed by atoms with Crippen LogP contribution in [0.25, 0.3) is 53.2 Å². The Morgan fingerprint density at radius 1 is 0.515 bits per heavy atom. The number of hydrogen-bond donors (Lipinski definition) is 0. The maximum atomic E-state index is 9.91. The molecule has 3 unspecified atom stereocenters. The number of hydrogen-bond acceptors (Lipinski definition) is 2. The van der Waals surface area contributed by atoms with Crippen molar-refractivity contribution < 1.29 is 0 Å². The van der Waals surface area contributed by atoms with Crippen LogP contribution in [0, 0.1) is 11.3 Å². The number of thiophene rings is 1. The van der Waals surface area contributed by atoms with Gasteiger partial charge in [-0.3, -0.25) is 0 Å². The molecule has 3 atom stereocenters. The Hall–Kier alpha value is -7.05. The molecule has 0 amide bonds. The third-order valence-electron chi connectivity index (χ3n) is 14.8. The van der Waals surface area contributed by atoms with Gasteiger partial charge in [0.05, 0.1) is 11.6 Å². The molecule has 1 aliphatic rings. The Morgan fingerprint density at radius 3 is 1.97 bits per heavy atom. The summed E-state index contributed by atoms with van der Waals surface area (Å²) in [5, 5.41) is 15.3. The molecule has 320 valence electrons. The number of aryl methyl sites for hydroxylation is 1. The molecule has 0 spiro atoms. The minimum Gasteiger partial charge on any atom is -0.192 e. The van der Waals surface area contributed by atoms with E-state index in [2.05, 4.69) is 215 Å². The SMILES string of the molecule is CC(c1ccc2c(c1)C(C)(C)c1cc(CCC(Cc3ccc(-c4ccccc4)cc3)c3cccc(C#N)c3)c3ccccc3c1-2)C(Cc1ccccc1)c1ccc2c(c1)sc1ccccc12. The first-order valence-corrected chi connectivity index (χ1v) is 24.4. The molecule has 1 aliphatic carbocycles. The normalized spacial score (nSPS) is 14.2. The van der Waals surface area contributed by atoms with Gasteiger partial charge in [-0.2, -0.15) is 5.26 Å². The minimum atomic E-state index is -0.175. The summed E-state index contributed by atoms with van der Waals surface area (Å²) in [6.07, 6.45) is 3.81. The zero-order valence-electron chi connectivity index (χ0n) is 38.0. The molecule has 0 N–H and O–H groups in total. The van der Waals surface area contributed by atoms with Gasteiger partial charge in [-0.05, 0) is 145 Å². The zero-order valence-corrected chi connectivity index (χ0v) is 38.8. The molecular weight excluding hydrogens is 815 g/mol. The zero-order chi connectivity index (χ0) is 44.8. The lowest BCUT2D eigenvalue weighted by molar-refractivity contribution is 0.570. The highest BCUT2D eigenvalue weighted by Crippen LogP contribution is 2.53. The summed E-state index contributed by atoms with van der Waals surface area (Å²) in [5.41, 5.74) is 16.7. The first kappa shape index (κ1) is 41.6. The molecule has 0 saturated heterocycles. The van der Waals surface area contributed by atoms with Gasteiger partial charge in [-0.25, -0.2) is 0 Å². The van der Waals surface area contributed by atoms with E-state index in [0.717, 1.165) is 31.2 Å². The van der Waals surface area contributed by atoms with Crippen LogP contribution in [0.1, 0.15) is 95.0 Å². The van der Waals surface area contributed by atoms with Gasteiger partial charge in [-0.15, -0.1) is 11.3 Å². The molecule has 2 heteroatoms. The topological polar surface area (TPSA) is 23.8 Å². The van der Waals surface area contributed by atoms with Crippen molar-refractivity contribution in [1.82, 2.24) is 0 Å². The summed E-state index contributed by atoms with van der Waals surface area (Å²) in [7, 11) is 0. The molecule has 11 rings (SSSR count). The largest absolute Gasteiger partial charge is 0.192 e. The highest BCUT2D eigenvalue weighted by molar-refractivity contribution is 7.25. The number of benzene rings is 9. The van der Waals surface area contributed by atoms with Gasteiger partial charge in [0, 0.05) is 25.6 Å². The predicted molar refractivity (Wildman–Crippen MR) is 280 cm³/mol. The van der Waals surface area contributed by atoms with E-state index >= 15 is 0 Å². The average Bonchev–Trinajstić information content (AvgIpc) is 3.85. The van der Waals surface area contributed by atoms with Crippen molar-refractivity contribution in [3.63, 3.8) is 0 Å². The number of nitriles is 1. The van der Waals surface area contributed by atoms with Crippen LogP contribution in [0.5, 0.6) is 0 Å². The molecular formula is C64H53NS. The van der Waals surface area contributed by atoms with Crippen molar-refractivity contribution in [2.45, 2.75) is 69.6 Å². The fourth-order valence-corrected chi connectivity index (χ4v) is 12.3. The molecule has 9 aromatic carbocycles. The van der Waals surface area contributed by atoms with Crippen molar-refractivity contribution in [2.75, 3.05) is 0 Å². The first-order chi connectivity index (χ1) is 32.3. The second-order valence-corrected chi connectivity index (χ2v) is 20.2. The van der Waals surface area contributed by atoms with Gasteiger partial charge in [0.2, 0.25) is 0 Å². The maximum Gasteiger partial charge on any atom is 0.0991 e. The quantitative estimate of drug-likeness (QED) is 0.120. The van der Waals surface area contributed by atoms with E-state index in [9.17, 15) is 5.26 Å². The van der Waals surface area contributed by atoms with Crippen LogP contribution in [0.3, 0.4) is 0 Å². The molecule has 66 heavy (non-hydrogen) atoms. The number of rotatable bonds is 12. The summed E-state index contributed by atoms with van der Waals surface area (Å²) in [4.78, 5) is 0. The second-order valence-electron chi connectivity index (χ2n) is 19.1. The van der Waals surface area contributed by atoms with Crippen LogP contribution in [0.2, 0.25) is 0 Å².